The fourth-order valence-corrected chi connectivity index (χ4v) is 3.07. The molecule has 2 rings (SSSR count). The monoisotopic (exact) mass is 247 g/mol. The Hall–Kier alpha value is -0.820. The average molecular weight is 247 g/mol. The molecule has 1 aromatic carbocycles. The topological polar surface area (TPSA) is 26.0 Å². The number of hydrogen-bond donors (Lipinski definition) is 1. The van der Waals surface area contributed by atoms with Crippen molar-refractivity contribution in [1.82, 2.24) is 0 Å². The molecule has 1 nitrogen and oxygen atoms in total. The Bertz CT molecular complexity index is 310. The summed E-state index contributed by atoms with van der Waals surface area (Å²) in [6.45, 7) is 7.18. The molecule has 0 unspecified atom stereocenters. The minimum Gasteiger partial charge on any atom is -0.330 e. The molecule has 0 aromatic heterocycles. The van der Waals surface area contributed by atoms with Gasteiger partial charge in [0, 0.05) is 0 Å². The standard InChI is InChI=1S/C15H23N.C2H6/c1-13-7-9-15(10-8-13,11-12-16)14-5-3-2-4-6-14;1-2/h2-6,13H,7-12,16H2,1H3;1-2H3. The van der Waals surface area contributed by atoms with E-state index in [0.717, 1.165) is 18.9 Å². The minimum absolute atomic E-state index is 0.377. The van der Waals surface area contributed by atoms with Crippen molar-refractivity contribution in [2.24, 2.45) is 11.7 Å². The van der Waals surface area contributed by atoms with Crippen LogP contribution >= 0.6 is 0 Å². The van der Waals surface area contributed by atoms with E-state index in [0.29, 0.717) is 5.41 Å². The Kier molecular flexibility index (Phi) is 6.42. The SMILES string of the molecule is CC.CC1CCC(CCN)(c2ccccc2)CC1. The van der Waals surface area contributed by atoms with Crippen molar-refractivity contribution in [3.63, 3.8) is 0 Å². The van der Waals surface area contributed by atoms with E-state index < -0.39 is 0 Å². The molecule has 1 aromatic rings. The fourth-order valence-electron chi connectivity index (χ4n) is 3.07. The van der Waals surface area contributed by atoms with Crippen molar-refractivity contribution in [1.29, 1.82) is 0 Å². The molecule has 0 spiro atoms. The Morgan fingerprint density at radius 2 is 1.67 bits per heavy atom. The molecule has 0 atom stereocenters. The second kappa shape index (κ2) is 7.58. The first-order chi connectivity index (χ1) is 8.77. The van der Waals surface area contributed by atoms with Gasteiger partial charge in [-0.05, 0) is 55.5 Å². The molecule has 2 N–H and O–H groups in total. The lowest BCUT2D eigenvalue weighted by Crippen LogP contribution is -2.33. The molecular weight excluding hydrogens is 218 g/mol. The first-order valence-electron chi connectivity index (χ1n) is 7.52. The first kappa shape index (κ1) is 15.2. The zero-order valence-corrected chi connectivity index (χ0v) is 12.3. The van der Waals surface area contributed by atoms with Crippen molar-refractivity contribution < 1.29 is 0 Å². The maximum Gasteiger partial charge on any atom is -0.00348 e. The lowest BCUT2D eigenvalue weighted by atomic mass is 9.65. The zero-order valence-electron chi connectivity index (χ0n) is 12.3. The van der Waals surface area contributed by atoms with Gasteiger partial charge in [0.1, 0.15) is 0 Å². The highest BCUT2D eigenvalue weighted by molar-refractivity contribution is 5.26. The van der Waals surface area contributed by atoms with Crippen LogP contribution in [0.5, 0.6) is 0 Å². The Morgan fingerprint density at radius 1 is 1.11 bits per heavy atom. The first-order valence-corrected chi connectivity index (χ1v) is 7.52. The smallest absolute Gasteiger partial charge is 0.00348 e. The van der Waals surface area contributed by atoms with Gasteiger partial charge in [0.2, 0.25) is 0 Å². The molecule has 1 saturated carbocycles. The third-order valence-electron chi connectivity index (χ3n) is 4.24. The van der Waals surface area contributed by atoms with Gasteiger partial charge in [-0.1, -0.05) is 51.1 Å². The number of benzene rings is 1. The van der Waals surface area contributed by atoms with Gasteiger partial charge < -0.3 is 5.73 Å². The zero-order chi connectivity index (χ0) is 13.4. The van der Waals surface area contributed by atoms with E-state index in [1.54, 1.807) is 0 Å². The van der Waals surface area contributed by atoms with Crippen LogP contribution in [0.15, 0.2) is 30.3 Å². The minimum atomic E-state index is 0.377. The van der Waals surface area contributed by atoms with E-state index in [2.05, 4.69) is 37.3 Å². The summed E-state index contributed by atoms with van der Waals surface area (Å²) in [4.78, 5) is 0. The summed E-state index contributed by atoms with van der Waals surface area (Å²) in [5.74, 6) is 0.898. The van der Waals surface area contributed by atoms with E-state index >= 15 is 0 Å². The fraction of sp³-hybridized carbons (Fsp3) is 0.647. The Labute approximate surface area is 113 Å². The van der Waals surface area contributed by atoms with Crippen LogP contribution in [0.2, 0.25) is 0 Å². The predicted octanol–water partition coefficient (Wildman–Crippen LogP) is 4.51. The van der Waals surface area contributed by atoms with Crippen LogP contribution in [0.4, 0.5) is 0 Å². The second-order valence-corrected chi connectivity index (χ2v) is 5.37. The van der Waals surface area contributed by atoms with Crippen molar-refractivity contribution in [2.75, 3.05) is 6.54 Å². The molecule has 0 amide bonds. The van der Waals surface area contributed by atoms with Crippen molar-refractivity contribution in [3.8, 4) is 0 Å². The van der Waals surface area contributed by atoms with Gasteiger partial charge in [0.05, 0.1) is 0 Å². The van der Waals surface area contributed by atoms with Crippen molar-refractivity contribution in [3.05, 3.63) is 35.9 Å². The van der Waals surface area contributed by atoms with Crippen molar-refractivity contribution >= 4 is 0 Å². The Balaban J connectivity index is 0.000000771. The van der Waals surface area contributed by atoms with E-state index in [1.165, 1.54) is 31.2 Å². The lowest BCUT2D eigenvalue weighted by molar-refractivity contribution is 0.230. The van der Waals surface area contributed by atoms with Gasteiger partial charge in [-0.15, -0.1) is 0 Å². The van der Waals surface area contributed by atoms with Crippen LogP contribution in [0, 0.1) is 5.92 Å². The molecular formula is C17H29N. The quantitative estimate of drug-likeness (QED) is 0.835. The molecule has 1 heteroatoms. The number of nitrogens with two attached hydrogens (primary N) is 1. The highest BCUT2D eigenvalue weighted by Crippen LogP contribution is 2.43. The molecule has 18 heavy (non-hydrogen) atoms. The van der Waals surface area contributed by atoms with Crippen LogP contribution < -0.4 is 5.73 Å². The van der Waals surface area contributed by atoms with Gasteiger partial charge in [-0.25, -0.2) is 0 Å². The normalized spacial score (nSPS) is 27.2. The van der Waals surface area contributed by atoms with E-state index in [9.17, 15) is 0 Å². The van der Waals surface area contributed by atoms with Gasteiger partial charge in [-0.3, -0.25) is 0 Å². The molecule has 0 radical (unpaired) electrons. The van der Waals surface area contributed by atoms with Gasteiger partial charge >= 0.3 is 0 Å². The summed E-state index contributed by atoms with van der Waals surface area (Å²) in [6.07, 6.45) is 6.48. The molecule has 0 aliphatic heterocycles. The van der Waals surface area contributed by atoms with Gasteiger partial charge in [0.15, 0.2) is 0 Å². The Morgan fingerprint density at radius 3 is 2.17 bits per heavy atom. The van der Waals surface area contributed by atoms with E-state index in [4.69, 9.17) is 5.73 Å². The summed E-state index contributed by atoms with van der Waals surface area (Å²) in [6, 6.07) is 11.0. The van der Waals surface area contributed by atoms with E-state index in [1.807, 2.05) is 13.8 Å². The molecule has 1 fully saturated rings. The number of rotatable bonds is 3. The third-order valence-corrected chi connectivity index (χ3v) is 4.24. The largest absolute Gasteiger partial charge is 0.330 e. The molecule has 1 aliphatic rings. The number of hydrogen-bond acceptors (Lipinski definition) is 1. The molecule has 0 bridgehead atoms. The molecule has 1 aliphatic carbocycles. The lowest BCUT2D eigenvalue weighted by Gasteiger charge is -2.40. The molecule has 0 saturated heterocycles. The van der Waals surface area contributed by atoms with Crippen LogP contribution in [0.3, 0.4) is 0 Å². The van der Waals surface area contributed by atoms with E-state index in [-0.39, 0.29) is 0 Å². The van der Waals surface area contributed by atoms with Crippen molar-refractivity contribution in [2.45, 2.75) is 58.3 Å². The molecule has 0 heterocycles. The van der Waals surface area contributed by atoms with Crippen LogP contribution in [-0.2, 0) is 5.41 Å². The third kappa shape index (κ3) is 3.58. The summed E-state index contributed by atoms with van der Waals surface area (Å²) >= 11 is 0. The second-order valence-electron chi connectivity index (χ2n) is 5.37. The maximum atomic E-state index is 5.82. The predicted molar refractivity (Wildman–Crippen MR) is 80.8 cm³/mol. The molecule has 102 valence electrons. The highest BCUT2D eigenvalue weighted by Gasteiger charge is 2.34. The summed E-state index contributed by atoms with van der Waals surface area (Å²) in [5, 5.41) is 0. The maximum absolute atomic E-state index is 5.82. The van der Waals surface area contributed by atoms with Crippen LogP contribution in [0.25, 0.3) is 0 Å². The van der Waals surface area contributed by atoms with Gasteiger partial charge in [0.25, 0.3) is 0 Å². The summed E-state index contributed by atoms with van der Waals surface area (Å²) in [5.41, 5.74) is 7.70. The highest BCUT2D eigenvalue weighted by atomic mass is 14.5. The average Bonchev–Trinajstić information content (AvgIpc) is 2.45. The van der Waals surface area contributed by atoms with Crippen LogP contribution in [-0.4, -0.2) is 6.54 Å². The summed E-state index contributed by atoms with van der Waals surface area (Å²) in [7, 11) is 0. The summed E-state index contributed by atoms with van der Waals surface area (Å²) < 4.78 is 0. The van der Waals surface area contributed by atoms with Crippen LogP contribution in [0.1, 0.15) is 58.4 Å². The van der Waals surface area contributed by atoms with Gasteiger partial charge in [-0.2, -0.15) is 0 Å².